The highest BCUT2D eigenvalue weighted by Crippen LogP contribution is 2.90. The van der Waals surface area contributed by atoms with Crippen molar-refractivity contribution in [3.8, 4) is 22.3 Å². The van der Waals surface area contributed by atoms with Crippen molar-refractivity contribution < 1.29 is 26.3 Å². The van der Waals surface area contributed by atoms with E-state index in [2.05, 4.69) is 57.7 Å². The van der Waals surface area contributed by atoms with Crippen LogP contribution >= 0.6 is 0 Å². The summed E-state index contributed by atoms with van der Waals surface area (Å²) in [6.07, 6.45) is -6.94. The molecule has 1 aliphatic carbocycles. The van der Waals surface area contributed by atoms with Crippen molar-refractivity contribution in [2.75, 3.05) is 19.6 Å². The van der Waals surface area contributed by atoms with E-state index < -0.39 is 52.1 Å². The maximum absolute atomic E-state index is 14.8. The Morgan fingerprint density at radius 3 is 1.43 bits per heavy atom. The minimum absolute atomic E-state index is 0.0578. The Morgan fingerprint density at radius 2 is 0.881 bits per heavy atom. The average molecular weight is 897 g/mol. The summed E-state index contributed by atoms with van der Waals surface area (Å²) in [5, 5.41) is 0. The molecule has 0 N–H and O–H groups in total. The second-order valence-electron chi connectivity index (χ2n) is 18.3. The first-order chi connectivity index (χ1) is 32.3. The normalized spacial score (nSPS) is 23.9. The Hall–Kier alpha value is -7.60. The van der Waals surface area contributed by atoms with E-state index >= 15 is 0 Å². The third-order valence-corrected chi connectivity index (χ3v) is 15.6. The Morgan fingerprint density at radius 1 is 0.433 bits per heavy atom. The first kappa shape index (κ1) is 39.7. The summed E-state index contributed by atoms with van der Waals surface area (Å²) in [4.78, 5) is 19.1. The molecule has 1 fully saturated rings. The number of benzene rings is 7. The molecule has 5 atom stereocenters. The van der Waals surface area contributed by atoms with E-state index in [1.165, 1.54) is 24.3 Å². The molecule has 0 saturated heterocycles. The van der Waals surface area contributed by atoms with E-state index in [0.717, 1.165) is 51.7 Å². The number of hydrogen-bond donors (Lipinski definition) is 0. The Labute approximate surface area is 382 Å². The highest BCUT2D eigenvalue weighted by molar-refractivity contribution is 5.99. The van der Waals surface area contributed by atoms with E-state index in [4.69, 9.17) is 9.97 Å². The van der Waals surface area contributed by atoms with Gasteiger partial charge in [-0.3, -0.25) is 0 Å². The SMILES string of the molecule is CC12c3ccc(-c4ccccc4C(F)(F)F)cc3N3c4nccnc4N(c4ccccc4)C3C1(C)C21c2ccc(-c3ccccc3C(F)(F)F)cc2N2c3ccccc3N(c3ccccc3)C21. The Balaban J connectivity index is 1.14. The zero-order chi connectivity index (χ0) is 45.8. The molecule has 6 nitrogen and oxygen atoms in total. The van der Waals surface area contributed by atoms with E-state index in [0.29, 0.717) is 28.5 Å². The summed E-state index contributed by atoms with van der Waals surface area (Å²) >= 11 is 0. The van der Waals surface area contributed by atoms with Gasteiger partial charge in [-0.05, 0) is 94.0 Å². The Kier molecular flexibility index (Phi) is 7.87. The highest BCUT2D eigenvalue weighted by Gasteiger charge is 2.94. The summed E-state index contributed by atoms with van der Waals surface area (Å²) in [5.41, 5.74) is 4.02. The molecule has 13 rings (SSSR count). The second kappa shape index (κ2) is 13.3. The van der Waals surface area contributed by atoms with Crippen LogP contribution in [0.2, 0.25) is 0 Å². The lowest BCUT2D eigenvalue weighted by Gasteiger charge is -2.44. The number of halogens is 6. The predicted molar refractivity (Wildman–Crippen MR) is 248 cm³/mol. The van der Waals surface area contributed by atoms with Crippen molar-refractivity contribution in [1.29, 1.82) is 0 Å². The molecule has 5 unspecified atom stereocenters. The minimum atomic E-state index is -4.61. The molecular weight excluding hydrogens is 859 g/mol. The van der Waals surface area contributed by atoms with Gasteiger partial charge >= 0.3 is 12.4 Å². The number of alkyl halides is 6. The van der Waals surface area contributed by atoms with E-state index in [1.54, 1.807) is 30.6 Å². The van der Waals surface area contributed by atoms with Gasteiger partial charge < -0.3 is 19.6 Å². The van der Waals surface area contributed by atoms with Gasteiger partial charge in [0.05, 0.1) is 27.9 Å². The van der Waals surface area contributed by atoms with Crippen LogP contribution in [0.1, 0.15) is 36.1 Å². The zero-order valence-corrected chi connectivity index (χ0v) is 35.9. The molecule has 0 bridgehead atoms. The van der Waals surface area contributed by atoms with Gasteiger partial charge in [0, 0.05) is 46.0 Å². The van der Waals surface area contributed by atoms with Gasteiger partial charge in [-0.15, -0.1) is 0 Å². The van der Waals surface area contributed by atoms with Gasteiger partial charge in [0.1, 0.15) is 12.3 Å². The minimum Gasteiger partial charge on any atom is -0.317 e. The molecule has 330 valence electrons. The molecule has 4 aliphatic heterocycles. The largest absolute Gasteiger partial charge is 0.417 e. The van der Waals surface area contributed by atoms with Gasteiger partial charge in [-0.1, -0.05) is 123 Å². The molecule has 67 heavy (non-hydrogen) atoms. The molecular formula is C55H38F6N6. The van der Waals surface area contributed by atoms with E-state index in [1.807, 2.05) is 91.0 Å². The maximum atomic E-state index is 14.8. The van der Waals surface area contributed by atoms with Crippen LogP contribution in [0.15, 0.2) is 182 Å². The first-order valence-corrected chi connectivity index (χ1v) is 22.1. The number of hydrogen-bond acceptors (Lipinski definition) is 6. The summed E-state index contributed by atoms with van der Waals surface area (Å²) in [7, 11) is 0. The number of para-hydroxylation sites is 4. The molecule has 12 heteroatoms. The molecule has 5 aliphatic rings. The lowest BCUT2D eigenvalue weighted by atomic mass is 9.79. The number of fused-ring (bicyclic) bond motifs is 17. The van der Waals surface area contributed by atoms with Crippen LogP contribution in [0.25, 0.3) is 22.3 Å². The van der Waals surface area contributed by atoms with Crippen LogP contribution in [-0.2, 0) is 23.2 Å². The van der Waals surface area contributed by atoms with Crippen LogP contribution in [0.5, 0.6) is 0 Å². The summed E-state index contributed by atoms with van der Waals surface area (Å²) in [6.45, 7) is 4.57. The predicted octanol–water partition coefficient (Wildman–Crippen LogP) is 14.3. The van der Waals surface area contributed by atoms with Crippen LogP contribution in [0.4, 0.5) is 72.1 Å². The number of anilines is 8. The van der Waals surface area contributed by atoms with Gasteiger partial charge in [0.2, 0.25) is 0 Å². The van der Waals surface area contributed by atoms with Crippen molar-refractivity contribution in [3.05, 3.63) is 205 Å². The molecule has 0 amide bonds. The smallest absolute Gasteiger partial charge is 0.317 e. The van der Waals surface area contributed by atoms with Crippen LogP contribution < -0.4 is 19.6 Å². The van der Waals surface area contributed by atoms with Crippen molar-refractivity contribution >= 4 is 45.8 Å². The number of aromatic nitrogens is 2. The lowest BCUT2D eigenvalue weighted by Crippen LogP contribution is -2.53. The topological polar surface area (TPSA) is 38.7 Å². The fraction of sp³-hybridized carbons (Fsp3) is 0.164. The molecule has 5 heterocycles. The maximum Gasteiger partial charge on any atom is 0.417 e. The van der Waals surface area contributed by atoms with E-state index in [9.17, 15) is 26.3 Å². The molecule has 1 spiro atoms. The monoisotopic (exact) mass is 896 g/mol. The average Bonchev–Trinajstić information content (AvgIpc) is 3.72. The molecule has 7 aromatic carbocycles. The van der Waals surface area contributed by atoms with Crippen LogP contribution in [0.3, 0.4) is 0 Å². The second-order valence-corrected chi connectivity index (χ2v) is 18.3. The third-order valence-electron chi connectivity index (χ3n) is 15.6. The third kappa shape index (κ3) is 4.87. The fourth-order valence-electron chi connectivity index (χ4n) is 13.0. The van der Waals surface area contributed by atoms with Gasteiger partial charge in [-0.2, -0.15) is 26.3 Å². The Bertz CT molecular complexity index is 3340. The van der Waals surface area contributed by atoms with Crippen LogP contribution in [0, 0.1) is 5.41 Å². The quantitative estimate of drug-likeness (QED) is 0.164. The standard InChI is InChI=1S/C55H38F6N6/c1-51-41-27-25-33(37-19-9-11-21-39(37)54(56,57)58)31-45(41)67-48-47(62-29-30-63-48)65(36-17-7-4-8-18-36)49(67)52(51,2)53(51)42-28-26-34(38-20-10-12-22-40(38)55(59,60)61)32-46(42)66-44-24-14-13-23-43(44)64(50(53)66)35-15-5-3-6-16-35/h3-32,49-50H,1-2H3. The highest BCUT2D eigenvalue weighted by atomic mass is 19.4. The number of nitrogens with zero attached hydrogens (tertiary/aromatic N) is 6. The van der Waals surface area contributed by atoms with Gasteiger partial charge in [0.15, 0.2) is 11.6 Å². The molecule has 1 saturated carbocycles. The van der Waals surface area contributed by atoms with Crippen molar-refractivity contribution in [1.82, 2.24) is 9.97 Å². The van der Waals surface area contributed by atoms with Gasteiger partial charge in [-0.25, -0.2) is 9.97 Å². The molecule has 8 aromatic rings. The van der Waals surface area contributed by atoms with Crippen molar-refractivity contribution in [2.45, 2.75) is 49.4 Å². The first-order valence-electron chi connectivity index (χ1n) is 22.1. The summed E-state index contributed by atoms with van der Waals surface area (Å²) < 4.78 is 88.6. The number of rotatable bonds is 4. The molecule has 0 radical (unpaired) electrons. The fourth-order valence-corrected chi connectivity index (χ4v) is 13.0. The summed E-state index contributed by atoms with van der Waals surface area (Å²) in [6, 6.07) is 51.0. The zero-order valence-electron chi connectivity index (χ0n) is 35.9. The molecule has 1 aromatic heterocycles. The van der Waals surface area contributed by atoms with Crippen molar-refractivity contribution in [3.63, 3.8) is 0 Å². The summed E-state index contributed by atoms with van der Waals surface area (Å²) in [5.74, 6) is 1.16. The van der Waals surface area contributed by atoms with Crippen LogP contribution in [-0.4, -0.2) is 22.3 Å². The van der Waals surface area contributed by atoms with Crippen molar-refractivity contribution in [2.24, 2.45) is 5.41 Å². The van der Waals surface area contributed by atoms with E-state index in [-0.39, 0.29) is 11.1 Å². The van der Waals surface area contributed by atoms with Gasteiger partial charge in [0.25, 0.3) is 0 Å². The lowest BCUT2D eigenvalue weighted by molar-refractivity contribution is -0.137.